The monoisotopic (exact) mass is 294 g/mol. The van der Waals surface area contributed by atoms with Crippen molar-refractivity contribution in [1.29, 1.82) is 0 Å². The lowest BCUT2D eigenvalue weighted by molar-refractivity contribution is 0.112. The average Bonchev–Trinajstić information content (AvgIpc) is 2.54. The van der Waals surface area contributed by atoms with E-state index in [0.29, 0.717) is 0 Å². The van der Waals surface area contributed by atoms with Gasteiger partial charge in [0.25, 0.3) is 0 Å². The third-order valence-electron chi connectivity index (χ3n) is 6.05. The molecule has 2 nitrogen and oxygen atoms in total. The van der Waals surface area contributed by atoms with Crippen LogP contribution in [0.1, 0.15) is 78.1 Å². The Balaban J connectivity index is 1.87. The Hall–Kier alpha value is -0.0800. The number of rotatable bonds is 7. The summed E-state index contributed by atoms with van der Waals surface area (Å²) in [6, 6.07) is 1.64. The molecule has 3 atom stereocenters. The van der Waals surface area contributed by atoms with Gasteiger partial charge in [-0.1, -0.05) is 39.5 Å². The van der Waals surface area contributed by atoms with Crippen molar-refractivity contribution in [2.45, 2.75) is 90.1 Å². The Morgan fingerprint density at radius 1 is 1.00 bits per heavy atom. The van der Waals surface area contributed by atoms with Crippen LogP contribution in [0, 0.1) is 11.8 Å². The molecule has 0 aromatic carbocycles. The van der Waals surface area contributed by atoms with Crippen LogP contribution in [0.5, 0.6) is 0 Å². The van der Waals surface area contributed by atoms with Crippen molar-refractivity contribution in [3.8, 4) is 0 Å². The molecule has 2 fully saturated rings. The van der Waals surface area contributed by atoms with E-state index in [4.69, 9.17) is 0 Å². The first kappa shape index (κ1) is 17.3. The molecule has 2 aliphatic rings. The zero-order valence-electron chi connectivity index (χ0n) is 14.7. The van der Waals surface area contributed by atoms with Crippen molar-refractivity contribution in [3.63, 3.8) is 0 Å². The van der Waals surface area contributed by atoms with E-state index in [0.717, 1.165) is 23.9 Å². The summed E-state index contributed by atoms with van der Waals surface area (Å²) < 4.78 is 0. The van der Waals surface area contributed by atoms with Crippen molar-refractivity contribution >= 4 is 0 Å². The summed E-state index contributed by atoms with van der Waals surface area (Å²) >= 11 is 0. The van der Waals surface area contributed by atoms with Gasteiger partial charge >= 0.3 is 0 Å². The summed E-state index contributed by atoms with van der Waals surface area (Å²) in [7, 11) is 2.39. The van der Waals surface area contributed by atoms with Gasteiger partial charge in [0.05, 0.1) is 0 Å². The molecular formula is C19H38N2. The van der Waals surface area contributed by atoms with Gasteiger partial charge in [-0.15, -0.1) is 0 Å². The summed E-state index contributed by atoms with van der Waals surface area (Å²) in [5, 5.41) is 3.85. The predicted octanol–water partition coefficient (Wildman–Crippen LogP) is 4.45. The van der Waals surface area contributed by atoms with Crippen LogP contribution in [0.25, 0.3) is 0 Å². The molecule has 21 heavy (non-hydrogen) atoms. The first-order valence-electron chi connectivity index (χ1n) is 9.68. The highest BCUT2D eigenvalue weighted by Gasteiger charge is 2.31. The molecule has 0 bridgehead atoms. The molecular weight excluding hydrogens is 256 g/mol. The molecule has 0 radical (unpaired) electrons. The third kappa shape index (κ3) is 5.25. The largest absolute Gasteiger partial charge is 0.314 e. The zero-order valence-corrected chi connectivity index (χ0v) is 14.7. The molecule has 2 heteroatoms. The molecule has 0 aromatic heterocycles. The van der Waals surface area contributed by atoms with Crippen molar-refractivity contribution in [1.82, 2.24) is 10.2 Å². The molecule has 2 saturated carbocycles. The molecule has 0 aliphatic heterocycles. The van der Waals surface area contributed by atoms with Crippen molar-refractivity contribution in [2.24, 2.45) is 11.8 Å². The summed E-state index contributed by atoms with van der Waals surface area (Å²) in [6.07, 6.45) is 14.2. The van der Waals surface area contributed by atoms with Gasteiger partial charge in [-0.3, -0.25) is 0 Å². The SMILES string of the molecule is CCCNC1CCC(CC)CC1CN(C)C1CCCCC1. The summed E-state index contributed by atoms with van der Waals surface area (Å²) in [5.74, 6) is 1.86. The topological polar surface area (TPSA) is 15.3 Å². The van der Waals surface area contributed by atoms with Crippen molar-refractivity contribution in [2.75, 3.05) is 20.1 Å². The predicted molar refractivity (Wildman–Crippen MR) is 92.7 cm³/mol. The van der Waals surface area contributed by atoms with E-state index in [1.165, 1.54) is 77.3 Å². The van der Waals surface area contributed by atoms with Crippen molar-refractivity contribution < 1.29 is 0 Å². The van der Waals surface area contributed by atoms with Crippen LogP contribution < -0.4 is 5.32 Å². The highest BCUT2D eigenvalue weighted by atomic mass is 15.1. The van der Waals surface area contributed by atoms with Gasteiger partial charge in [-0.05, 0) is 64.0 Å². The molecule has 0 aromatic rings. The summed E-state index contributed by atoms with van der Waals surface area (Å²) in [4.78, 5) is 2.71. The molecule has 0 saturated heterocycles. The number of nitrogens with one attached hydrogen (secondary N) is 1. The van der Waals surface area contributed by atoms with Crippen LogP contribution in [0.3, 0.4) is 0 Å². The minimum absolute atomic E-state index is 0.777. The van der Waals surface area contributed by atoms with Crippen LogP contribution >= 0.6 is 0 Å². The van der Waals surface area contributed by atoms with E-state index in [9.17, 15) is 0 Å². The van der Waals surface area contributed by atoms with Crippen LogP contribution in [-0.2, 0) is 0 Å². The van der Waals surface area contributed by atoms with E-state index in [1.807, 2.05) is 0 Å². The fourth-order valence-corrected chi connectivity index (χ4v) is 4.57. The van der Waals surface area contributed by atoms with Gasteiger partial charge in [0, 0.05) is 18.6 Å². The molecule has 0 spiro atoms. The van der Waals surface area contributed by atoms with Crippen LogP contribution in [0.15, 0.2) is 0 Å². The lowest BCUT2D eigenvalue weighted by atomic mass is 9.76. The van der Waals surface area contributed by atoms with E-state index < -0.39 is 0 Å². The quantitative estimate of drug-likeness (QED) is 0.746. The highest BCUT2D eigenvalue weighted by Crippen LogP contribution is 2.33. The molecule has 0 heterocycles. The third-order valence-corrected chi connectivity index (χ3v) is 6.05. The Morgan fingerprint density at radius 3 is 2.43 bits per heavy atom. The van der Waals surface area contributed by atoms with E-state index in [-0.39, 0.29) is 0 Å². The first-order valence-corrected chi connectivity index (χ1v) is 9.68. The summed E-state index contributed by atoms with van der Waals surface area (Å²) in [5.41, 5.74) is 0. The minimum Gasteiger partial charge on any atom is -0.314 e. The molecule has 3 unspecified atom stereocenters. The lowest BCUT2D eigenvalue weighted by Crippen LogP contribution is -2.47. The van der Waals surface area contributed by atoms with E-state index in [2.05, 4.69) is 31.1 Å². The Labute approximate surface area is 133 Å². The molecule has 1 N–H and O–H groups in total. The van der Waals surface area contributed by atoms with Crippen LogP contribution in [-0.4, -0.2) is 37.1 Å². The maximum atomic E-state index is 3.85. The van der Waals surface area contributed by atoms with Crippen LogP contribution in [0.2, 0.25) is 0 Å². The Kier molecular flexibility index (Phi) is 7.53. The molecule has 124 valence electrons. The second-order valence-corrected chi connectivity index (χ2v) is 7.64. The number of nitrogens with zero attached hydrogens (tertiary/aromatic N) is 1. The number of hydrogen-bond donors (Lipinski definition) is 1. The zero-order chi connectivity index (χ0) is 15.1. The fourth-order valence-electron chi connectivity index (χ4n) is 4.57. The molecule has 2 aliphatic carbocycles. The van der Waals surface area contributed by atoms with Crippen LogP contribution in [0.4, 0.5) is 0 Å². The van der Waals surface area contributed by atoms with Gasteiger partial charge in [-0.2, -0.15) is 0 Å². The minimum atomic E-state index is 0.777. The molecule has 0 amide bonds. The smallest absolute Gasteiger partial charge is 0.0108 e. The second-order valence-electron chi connectivity index (χ2n) is 7.64. The number of hydrogen-bond acceptors (Lipinski definition) is 2. The summed E-state index contributed by atoms with van der Waals surface area (Å²) in [6.45, 7) is 7.19. The Bertz CT molecular complexity index is 273. The van der Waals surface area contributed by atoms with Crippen molar-refractivity contribution in [3.05, 3.63) is 0 Å². The van der Waals surface area contributed by atoms with Gasteiger partial charge < -0.3 is 10.2 Å². The standard InChI is InChI=1S/C19H38N2/c1-4-13-20-19-12-11-16(5-2)14-17(19)15-21(3)18-9-7-6-8-10-18/h16-20H,4-15H2,1-3H3. The average molecular weight is 295 g/mol. The van der Waals surface area contributed by atoms with E-state index in [1.54, 1.807) is 0 Å². The van der Waals surface area contributed by atoms with Gasteiger partial charge in [-0.25, -0.2) is 0 Å². The Morgan fingerprint density at radius 2 is 1.76 bits per heavy atom. The highest BCUT2D eigenvalue weighted by molar-refractivity contribution is 4.87. The molecule has 2 rings (SSSR count). The fraction of sp³-hybridized carbons (Fsp3) is 1.00. The van der Waals surface area contributed by atoms with Gasteiger partial charge in [0.2, 0.25) is 0 Å². The first-order chi connectivity index (χ1) is 10.2. The second kappa shape index (κ2) is 9.15. The van der Waals surface area contributed by atoms with Gasteiger partial charge in [0.1, 0.15) is 0 Å². The maximum absolute atomic E-state index is 3.85. The van der Waals surface area contributed by atoms with E-state index >= 15 is 0 Å². The lowest BCUT2D eigenvalue weighted by Gasteiger charge is -2.41. The normalized spacial score (nSPS) is 31.7. The van der Waals surface area contributed by atoms with Gasteiger partial charge in [0.15, 0.2) is 0 Å². The maximum Gasteiger partial charge on any atom is 0.0108 e.